The van der Waals surface area contributed by atoms with E-state index >= 15 is 0 Å². The third kappa shape index (κ3) is 4.52. The summed E-state index contributed by atoms with van der Waals surface area (Å²) < 4.78 is 0. The van der Waals surface area contributed by atoms with Gasteiger partial charge in [0.05, 0.1) is 13.3 Å². The fourth-order valence-corrected chi connectivity index (χ4v) is 2.79. The van der Waals surface area contributed by atoms with Gasteiger partial charge in [-0.3, -0.25) is 4.90 Å². The second-order valence-electron chi connectivity index (χ2n) is 3.82. The summed E-state index contributed by atoms with van der Waals surface area (Å²) in [6.07, 6.45) is 0. The van der Waals surface area contributed by atoms with Crippen LogP contribution in [0.4, 0.5) is 0 Å². The highest BCUT2D eigenvalue weighted by Crippen LogP contribution is 2.25. The maximum Gasteiger partial charge on any atom is 0.159 e. The molecule has 0 saturated heterocycles. The predicted octanol–water partition coefficient (Wildman–Crippen LogP) is 3.45. The second kappa shape index (κ2) is 7.46. The molecule has 1 aromatic carbocycles. The minimum absolute atomic E-state index is 0. The van der Waals surface area contributed by atoms with Crippen LogP contribution in [0.15, 0.2) is 23.2 Å². The summed E-state index contributed by atoms with van der Waals surface area (Å²) in [5.41, 5.74) is 1.07. The third-order valence-corrected chi connectivity index (χ3v) is 3.92. The molecular weight excluding hydrogens is 313 g/mol. The summed E-state index contributed by atoms with van der Waals surface area (Å²) in [6.45, 7) is 1.57. The molecule has 0 bridgehead atoms. The maximum atomic E-state index is 6.10. The van der Waals surface area contributed by atoms with Crippen LogP contribution in [0.25, 0.3) is 0 Å². The molecule has 0 aliphatic carbocycles. The zero-order valence-corrected chi connectivity index (χ0v) is 13.0. The minimum Gasteiger partial charge on any atom is -0.352 e. The van der Waals surface area contributed by atoms with Crippen molar-refractivity contribution in [1.29, 1.82) is 0 Å². The van der Waals surface area contributed by atoms with Crippen molar-refractivity contribution in [2.45, 2.75) is 5.75 Å². The van der Waals surface area contributed by atoms with Gasteiger partial charge in [0.15, 0.2) is 5.17 Å². The average Bonchev–Trinajstić information content (AvgIpc) is 2.30. The lowest BCUT2D eigenvalue weighted by molar-refractivity contribution is 0.326. The topological polar surface area (TPSA) is 27.6 Å². The molecule has 3 nitrogen and oxygen atoms in total. The zero-order chi connectivity index (χ0) is 12.3. The van der Waals surface area contributed by atoms with Gasteiger partial charge in [0, 0.05) is 15.8 Å². The van der Waals surface area contributed by atoms with Gasteiger partial charge in [0.2, 0.25) is 0 Å². The summed E-state index contributed by atoms with van der Waals surface area (Å²) in [5, 5.41) is 5.58. The number of aliphatic imine (C=N–C) groups is 1. The summed E-state index contributed by atoms with van der Waals surface area (Å²) in [5.74, 6) is 0.797. The Bertz CT molecular complexity index is 440. The average molecular weight is 327 g/mol. The predicted molar refractivity (Wildman–Crippen MR) is 83.1 cm³/mol. The molecule has 0 spiro atoms. The van der Waals surface area contributed by atoms with Crippen molar-refractivity contribution >= 4 is 52.5 Å². The highest BCUT2D eigenvalue weighted by atomic mass is 35.5. The fourth-order valence-electron chi connectivity index (χ4n) is 1.37. The fraction of sp³-hybridized carbons (Fsp3) is 0.364. The zero-order valence-electron chi connectivity index (χ0n) is 9.82. The molecular formula is C11H14Cl3N3S. The van der Waals surface area contributed by atoms with Crippen molar-refractivity contribution in [3.63, 3.8) is 0 Å². The lowest BCUT2D eigenvalue weighted by Crippen LogP contribution is -2.39. The van der Waals surface area contributed by atoms with Crippen molar-refractivity contribution in [1.82, 2.24) is 10.2 Å². The van der Waals surface area contributed by atoms with E-state index in [1.54, 1.807) is 17.8 Å². The van der Waals surface area contributed by atoms with Crippen LogP contribution in [0, 0.1) is 0 Å². The monoisotopic (exact) mass is 325 g/mol. The lowest BCUT2D eigenvalue weighted by atomic mass is 10.2. The van der Waals surface area contributed by atoms with Gasteiger partial charge < -0.3 is 5.32 Å². The number of halogens is 3. The highest BCUT2D eigenvalue weighted by Gasteiger charge is 2.09. The number of hydrogen-bond acceptors (Lipinski definition) is 4. The van der Waals surface area contributed by atoms with Gasteiger partial charge >= 0.3 is 0 Å². The molecule has 1 aromatic rings. The van der Waals surface area contributed by atoms with Crippen LogP contribution in [-0.2, 0) is 5.75 Å². The first kappa shape index (κ1) is 15.9. The molecule has 18 heavy (non-hydrogen) atoms. The van der Waals surface area contributed by atoms with Gasteiger partial charge in [0.1, 0.15) is 0 Å². The van der Waals surface area contributed by atoms with Crippen molar-refractivity contribution in [2.24, 2.45) is 4.99 Å². The van der Waals surface area contributed by atoms with E-state index in [0.717, 1.165) is 29.8 Å². The smallest absolute Gasteiger partial charge is 0.159 e. The molecule has 1 heterocycles. The molecule has 0 amide bonds. The second-order valence-corrected chi connectivity index (χ2v) is 5.63. The Labute approximate surface area is 127 Å². The highest BCUT2D eigenvalue weighted by molar-refractivity contribution is 8.13. The SMILES string of the molecule is CN1CN=C(SCc2ccc(Cl)cc2Cl)NC1.Cl. The Morgan fingerprint density at radius 2 is 2.22 bits per heavy atom. The summed E-state index contributed by atoms with van der Waals surface area (Å²) >= 11 is 13.6. The Kier molecular flexibility index (Phi) is 6.60. The largest absolute Gasteiger partial charge is 0.352 e. The quantitative estimate of drug-likeness (QED) is 0.902. The minimum atomic E-state index is 0. The number of amidine groups is 1. The van der Waals surface area contributed by atoms with Gasteiger partial charge in [-0.15, -0.1) is 12.4 Å². The van der Waals surface area contributed by atoms with Crippen molar-refractivity contribution in [2.75, 3.05) is 20.4 Å². The van der Waals surface area contributed by atoms with Gasteiger partial charge in [-0.1, -0.05) is 41.0 Å². The number of nitrogens with zero attached hydrogens (tertiary/aromatic N) is 2. The van der Waals surface area contributed by atoms with Crippen LogP contribution in [-0.4, -0.2) is 30.5 Å². The molecule has 1 aliphatic rings. The van der Waals surface area contributed by atoms with Crippen molar-refractivity contribution < 1.29 is 0 Å². The molecule has 2 rings (SSSR count). The number of nitrogens with one attached hydrogen (secondary N) is 1. The molecule has 7 heteroatoms. The van der Waals surface area contributed by atoms with Crippen LogP contribution in [0.2, 0.25) is 10.0 Å². The standard InChI is InChI=1S/C11H13Cl2N3S.ClH/c1-16-6-14-11(15-7-16)17-5-8-2-3-9(12)4-10(8)13;/h2-4H,5-7H2,1H3,(H,14,15);1H. The van der Waals surface area contributed by atoms with E-state index in [2.05, 4.69) is 15.2 Å². The number of thioether (sulfide) groups is 1. The molecule has 1 aliphatic heterocycles. The number of benzene rings is 1. The van der Waals surface area contributed by atoms with Gasteiger partial charge in [-0.2, -0.15) is 0 Å². The van der Waals surface area contributed by atoms with Crippen molar-refractivity contribution in [3.05, 3.63) is 33.8 Å². The van der Waals surface area contributed by atoms with Crippen molar-refractivity contribution in [3.8, 4) is 0 Å². The van der Waals surface area contributed by atoms with E-state index in [9.17, 15) is 0 Å². The van der Waals surface area contributed by atoms with E-state index in [0.29, 0.717) is 10.0 Å². The van der Waals surface area contributed by atoms with Gasteiger partial charge in [-0.05, 0) is 24.7 Å². The molecule has 0 aromatic heterocycles. The normalized spacial score (nSPS) is 15.6. The van der Waals surface area contributed by atoms with E-state index in [-0.39, 0.29) is 12.4 Å². The Morgan fingerprint density at radius 1 is 1.44 bits per heavy atom. The molecule has 100 valence electrons. The van der Waals surface area contributed by atoms with Crippen LogP contribution in [0.1, 0.15) is 5.56 Å². The summed E-state index contributed by atoms with van der Waals surface area (Å²) in [6, 6.07) is 5.57. The first-order valence-electron chi connectivity index (χ1n) is 5.19. The molecule has 0 fully saturated rings. The van der Waals surface area contributed by atoms with E-state index in [1.165, 1.54) is 0 Å². The van der Waals surface area contributed by atoms with E-state index < -0.39 is 0 Å². The molecule has 0 unspecified atom stereocenters. The molecule has 1 N–H and O–H groups in total. The van der Waals surface area contributed by atoms with Crippen LogP contribution < -0.4 is 5.32 Å². The first-order chi connectivity index (χ1) is 8.15. The Hall–Kier alpha value is -0.130. The number of rotatable bonds is 2. The summed E-state index contributed by atoms with van der Waals surface area (Å²) in [7, 11) is 2.02. The lowest BCUT2D eigenvalue weighted by Gasteiger charge is -2.22. The van der Waals surface area contributed by atoms with Gasteiger partial charge in [-0.25, -0.2) is 4.99 Å². The number of hydrogen-bond donors (Lipinski definition) is 1. The Morgan fingerprint density at radius 3 is 2.83 bits per heavy atom. The third-order valence-electron chi connectivity index (χ3n) is 2.34. The van der Waals surface area contributed by atoms with E-state index in [4.69, 9.17) is 23.2 Å². The molecule has 0 radical (unpaired) electrons. The molecule has 0 saturated carbocycles. The van der Waals surface area contributed by atoms with Crippen LogP contribution in [0.3, 0.4) is 0 Å². The van der Waals surface area contributed by atoms with Gasteiger partial charge in [0.25, 0.3) is 0 Å². The molecule has 0 atom stereocenters. The Balaban J connectivity index is 0.00000162. The summed E-state index contributed by atoms with van der Waals surface area (Å²) in [4.78, 5) is 6.49. The van der Waals surface area contributed by atoms with E-state index in [1.807, 2.05) is 19.2 Å². The van der Waals surface area contributed by atoms with Crippen LogP contribution >= 0.6 is 47.4 Å². The van der Waals surface area contributed by atoms with Crippen LogP contribution in [0.5, 0.6) is 0 Å². The maximum absolute atomic E-state index is 6.10. The first-order valence-corrected chi connectivity index (χ1v) is 6.93.